The van der Waals surface area contributed by atoms with Crippen LogP contribution in [0.1, 0.15) is 25.7 Å². The Morgan fingerprint density at radius 2 is 1.91 bits per heavy atom. The zero-order valence-corrected chi connectivity index (χ0v) is 13.1. The number of oxazole rings is 1. The van der Waals surface area contributed by atoms with Gasteiger partial charge in [0.05, 0.1) is 10.4 Å². The first-order valence-corrected chi connectivity index (χ1v) is 9.07. The molecule has 1 N–H and O–H groups in total. The number of rotatable bonds is 3. The summed E-state index contributed by atoms with van der Waals surface area (Å²) in [4.78, 5) is 11.6. The summed E-state index contributed by atoms with van der Waals surface area (Å²) >= 11 is 0. The molecule has 0 saturated heterocycles. The maximum atomic E-state index is 12.5. The van der Waals surface area contributed by atoms with Gasteiger partial charge in [0.1, 0.15) is 0 Å². The molecule has 1 heterocycles. The summed E-state index contributed by atoms with van der Waals surface area (Å²) in [5.74, 6) is 0.509. The number of aromatic nitrogens is 1. The molecule has 2 saturated carbocycles. The number of sulfonamides is 1. The van der Waals surface area contributed by atoms with Crippen LogP contribution < -0.4 is 10.5 Å². The summed E-state index contributed by atoms with van der Waals surface area (Å²) < 4.78 is 34.3. The highest BCUT2D eigenvalue weighted by atomic mass is 32.2. The highest BCUT2D eigenvalue weighted by Gasteiger charge is 2.52. The smallest absolute Gasteiger partial charge is 0.408 e. The van der Waals surface area contributed by atoms with Crippen molar-refractivity contribution in [3.63, 3.8) is 0 Å². The molecule has 0 radical (unpaired) electrons. The van der Waals surface area contributed by atoms with Crippen LogP contribution in [0.2, 0.25) is 0 Å². The topological polar surface area (TPSA) is 81.3 Å². The van der Waals surface area contributed by atoms with Gasteiger partial charge in [0.15, 0.2) is 5.58 Å². The first-order chi connectivity index (χ1) is 10.5. The first kappa shape index (κ1) is 14.0. The third-order valence-corrected chi connectivity index (χ3v) is 6.48. The van der Waals surface area contributed by atoms with Crippen molar-refractivity contribution in [1.29, 1.82) is 0 Å². The van der Waals surface area contributed by atoms with Crippen LogP contribution in [0.4, 0.5) is 0 Å². The van der Waals surface area contributed by atoms with E-state index in [2.05, 4.69) is 4.72 Å². The van der Waals surface area contributed by atoms with E-state index in [9.17, 15) is 13.2 Å². The van der Waals surface area contributed by atoms with E-state index in [0.29, 0.717) is 22.9 Å². The van der Waals surface area contributed by atoms with Gasteiger partial charge in [-0.3, -0.25) is 4.57 Å². The first-order valence-electron chi connectivity index (χ1n) is 7.59. The molecule has 1 aromatic carbocycles. The van der Waals surface area contributed by atoms with Crippen LogP contribution in [0, 0.1) is 11.8 Å². The molecule has 2 fully saturated rings. The van der Waals surface area contributed by atoms with Crippen molar-refractivity contribution < 1.29 is 12.8 Å². The fraction of sp³-hybridized carbons (Fsp3) is 0.533. The molecule has 2 aromatic rings. The summed E-state index contributed by atoms with van der Waals surface area (Å²) in [7, 11) is -1.98. The van der Waals surface area contributed by atoms with Gasteiger partial charge in [-0.05, 0) is 36.8 Å². The van der Waals surface area contributed by atoms with E-state index in [4.69, 9.17) is 4.42 Å². The average Bonchev–Trinajstić information content (AvgIpc) is 3.10. The normalized spacial score (nSPS) is 27.8. The van der Waals surface area contributed by atoms with E-state index in [0.717, 1.165) is 12.8 Å². The lowest BCUT2D eigenvalue weighted by molar-refractivity contribution is 0.480. The van der Waals surface area contributed by atoms with Gasteiger partial charge in [-0.2, -0.15) is 0 Å². The molecule has 2 aliphatic carbocycles. The summed E-state index contributed by atoms with van der Waals surface area (Å²) in [5.41, 5.74) is 0.882. The van der Waals surface area contributed by atoms with Crippen LogP contribution in [-0.2, 0) is 17.1 Å². The highest BCUT2D eigenvalue weighted by Crippen LogP contribution is 2.50. The van der Waals surface area contributed by atoms with Crippen LogP contribution in [-0.4, -0.2) is 19.0 Å². The minimum atomic E-state index is -3.57. The Hall–Kier alpha value is -1.60. The van der Waals surface area contributed by atoms with Crippen molar-refractivity contribution in [2.75, 3.05) is 0 Å². The number of fused-ring (bicyclic) bond motifs is 2. The quantitative estimate of drug-likeness (QED) is 0.930. The van der Waals surface area contributed by atoms with Crippen molar-refractivity contribution in [3.8, 4) is 0 Å². The van der Waals surface area contributed by atoms with Gasteiger partial charge in [0.25, 0.3) is 0 Å². The van der Waals surface area contributed by atoms with Gasteiger partial charge in [0, 0.05) is 19.2 Å². The Balaban J connectivity index is 1.64. The summed E-state index contributed by atoms with van der Waals surface area (Å²) in [5, 5.41) is 0. The van der Waals surface area contributed by atoms with E-state index in [1.807, 2.05) is 0 Å². The molecule has 0 unspecified atom stereocenters. The zero-order chi connectivity index (χ0) is 15.5. The largest absolute Gasteiger partial charge is 0.419 e. The minimum Gasteiger partial charge on any atom is -0.408 e. The van der Waals surface area contributed by atoms with E-state index in [-0.39, 0.29) is 10.9 Å². The Morgan fingerprint density at radius 1 is 1.23 bits per heavy atom. The van der Waals surface area contributed by atoms with Gasteiger partial charge >= 0.3 is 5.76 Å². The predicted octanol–water partition coefficient (Wildman–Crippen LogP) is 1.60. The second kappa shape index (κ2) is 4.70. The number of aryl methyl sites for hydroxylation is 1. The molecule has 6 nitrogen and oxygen atoms in total. The number of nitrogens with one attached hydrogen (secondary N) is 1. The Bertz CT molecular complexity index is 884. The maximum absolute atomic E-state index is 12.5. The standard InChI is InChI=1S/C15H18N2O4S/c1-17-12-7-6-9(8-13(12)21-15(17)18)22(19,20)16-14-10-4-2-3-5-11(10)14/h6-8,10-11,14,16H,2-5H2,1H3/t10-,11-/m1/s1. The second-order valence-electron chi connectivity index (χ2n) is 6.32. The molecule has 0 amide bonds. The van der Waals surface area contributed by atoms with Gasteiger partial charge in [-0.1, -0.05) is 12.8 Å². The van der Waals surface area contributed by atoms with Gasteiger partial charge in [0.2, 0.25) is 10.0 Å². The van der Waals surface area contributed by atoms with Gasteiger partial charge in [-0.25, -0.2) is 17.9 Å². The minimum absolute atomic E-state index is 0.0750. The number of nitrogens with zero attached hydrogens (tertiary/aromatic N) is 1. The molecule has 7 heteroatoms. The number of hydrogen-bond donors (Lipinski definition) is 1. The fourth-order valence-electron chi connectivity index (χ4n) is 3.70. The van der Waals surface area contributed by atoms with Crippen LogP contribution in [0.3, 0.4) is 0 Å². The molecule has 0 aliphatic heterocycles. The van der Waals surface area contributed by atoms with E-state index in [1.165, 1.54) is 29.5 Å². The van der Waals surface area contributed by atoms with Crippen LogP contribution in [0.15, 0.2) is 32.3 Å². The molecular formula is C15H18N2O4S. The van der Waals surface area contributed by atoms with Crippen LogP contribution in [0.25, 0.3) is 11.1 Å². The molecule has 1 aromatic heterocycles. The van der Waals surface area contributed by atoms with Gasteiger partial charge in [-0.15, -0.1) is 0 Å². The van der Waals surface area contributed by atoms with Crippen LogP contribution >= 0.6 is 0 Å². The summed E-state index contributed by atoms with van der Waals surface area (Å²) in [6, 6.07) is 4.62. The molecule has 0 spiro atoms. The van der Waals surface area contributed by atoms with E-state index >= 15 is 0 Å². The molecular weight excluding hydrogens is 304 g/mol. The number of benzene rings is 1. The molecule has 2 atom stereocenters. The lowest BCUT2D eigenvalue weighted by Crippen LogP contribution is -2.27. The monoisotopic (exact) mass is 322 g/mol. The van der Waals surface area contributed by atoms with E-state index < -0.39 is 15.8 Å². The Kier molecular flexibility index (Phi) is 2.99. The number of hydrogen-bond acceptors (Lipinski definition) is 4. The Labute approximate surface area is 128 Å². The Morgan fingerprint density at radius 3 is 2.59 bits per heavy atom. The van der Waals surface area contributed by atoms with Crippen molar-refractivity contribution in [3.05, 3.63) is 28.7 Å². The molecule has 2 aliphatic rings. The van der Waals surface area contributed by atoms with Crippen molar-refractivity contribution in [1.82, 2.24) is 9.29 Å². The van der Waals surface area contributed by atoms with E-state index in [1.54, 1.807) is 13.1 Å². The van der Waals surface area contributed by atoms with Gasteiger partial charge < -0.3 is 4.42 Å². The molecule has 0 bridgehead atoms. The predicted molar refractivity (Wildman–Crippen MR) is 81.0 cm³/mol. The maximum Gasteiger partial charge on any atom is 0.419 e. The third kappa shape index (κ3) is 2.11. The highest BCUT2D eigenvalue weighted by molar-refractivity contribution is 7.89. The molecule has 22 heavy (non-hydrogen) atoms. The lowest BCUT2D eigenvalue weighted by Gasteiger charge is -2.06. The molecule has 4 rings (SSSR count). The van der Waals surface area contributed by atoms with Crippen molar-refractivity contribution in [2.24, 2.45) is 18.9 Å². The van der Waals surface area contributed by atoms with Crippen molar-refractivity contribution in [2.45, 2.75) is 36.6 Å². The summed E-state index contributed by atoms with van der Waals surface area (Å²) in [6.07, 6.45) is 4.62. The summed E-state index contributed by atoms with van der Waals surface area (Å²) in [6.45, 7) is 0. The fourth-order valence-corrected chi connectivity index (χ4v) is 5.05. The SMILES string of the molecule is Cn1c(=O)oc2cc(S(=O)(=O)NC3[C@@H]4CCCC[C@@H]34)ccc21. The molecule has 118 valence electrons. The zero-order valence-electron chi connectivity index (χ0n) is 12.3. The van der Waals surface area contributed by atoms with Crippen molar-refractivity contribution >= 4 is 21.1 Å². The lowest BCUT2D eigenvalue weighted by atomic mass is 10.0. The second-order valence-corrected chi connectivity index (χ2v) is 8.03. The average molecular weight is 322 g/mol. The van der Waals surface area contributed by atoms with Crippen LogP contribution in [0.5, 0.6) is 0 Å². The third-order valence-electron chi connectivity index (χ3n) is 5.02.